The third-order valence-corrected chi connectivity index (χ3v) is 3.05. The lowest BCUT2D eigenvalue weighted by Gasteiger charge is -2.08. The summed E-state index contributed by atoms with van der Waals surface area (Å²) in [6.07, 6.45) is 1.06. The Morgan fingerprint density at radius 2 is 2.25 bits per heavy atom. The molecule has 86 valence electrons. The van der Waals surface area contributed by atoms with Crippen LogP contribution in [-0.4, -0.2) is 17.0 Å². The fourth-order valence-corrected chi connectivity index (χ4v) is 1.83. The number of hydrogen-bond donors (Lipinski definition) is 1. The molecule has 1 aliphatic carbocycles. The van der Waals surface area contributed by atoms with Gasteiger partial charge in [-0.2, -0.15) is 0 Å². The quantitative estimate of drug-likeness (QED) is 0.880. The van der Waals surface area contributed by atoms with Crippen molar-refractivity contribution in [3.63, 3.8) is 0 Å². The highest BCUT2D eigenvalue weighted by molar-refractivity contribution is 6.30. The summed E-state index contributed by atoms with van der Waals surface area (Å²) >= 11 is 5.60. The second-order valence-electron chi connectivity index (χ2n) is 4.17. The van der Waals surface area contributed by atoms with Gasteiger partial charge < -0.3 is 5.11 Å². The molecule has 1 aromatic carbocycles. The number of hydrogen-bond acceptors (Lipinski definition) is 2. The lowest BCUT2D eigenvalue weighted by atomic mass is 10.0. The van der Waals surface area contributed by atoms with Gasteiger partial charge in [-0.15, -0.1) is 0 Å². The van der Waals surface area contributed by atoms with E-state index in [0.717, 1.165) is 12.8 Å². The summed E-state index contributed by atoms with van der Waals surface area (Å²) in [5.41, 5.74) is 0.635. The zero-order chi connectivity index (χ0) is 11.7. The molecule has 0 bridgehead atoms. The Balaban J connectivity index is 2.02. The van der Waals surface area contributed by atoms with E-state index in [-0.39, 0.29) is 23.1 Å². The molecule has 1 saturated carbocycles. The summed E-state index contributed by atoms with van der Waals surface area (Å²) in [6.45, 7) is 0. The van der Waals surface area contributed by atoms with E-state index in [9.17, 15) is 14.3 Å². The van der Waals surface area contributed by atoms with Crippen LogP contribution in [0.2, 0.25) is 5.02 Å². The molecule has 0 saturated heterocycles. The van der Waals surface area contributed by atoms with Crippen molar-refractivity contribution in [1.29, 1.82) is 0 Å². The van der Waals surface area contributed by atoms with Gasteiger partial charge >= 0.3 is 0 Å². The Hall–Kier alpha value is -0.930. The number of Topliss-reactive ketones (excluding diaryl/α,β-unsaturated/α-hetero) is 1. The summed E-state index contributed by atoms with van der Waals surface area (Å²) in [5, 5.41) is 9.59. The third kappa shape index (κ3) is 2.60. The van der Waals surface area contributed by atoms with E-state index < -0.39 is 11.9 Å². The van der Waals surface area contributed by atoms with E-state index >= 15 is 0 Å². The number of benzene rings is 1. The van der Waals surface area contributed by atoms with Gasteiger partial charge in [-0.05, 0) is 36.5 Å². The van der Waals surface area contributed by atoms with E-state index in [0.29, 0.717) is 5.56 Å². The van der Waals surface area contributed by atoms with Crippen LogP contribution in [0.25, 0.3) is 0 Å². The molecule has 1 aliphatic rings. The van der Waals surface area contributed by atoms with Crippen LogP contribution in [0.3, 0.4) is 0 Å². The van der Waals surface area contributed by atoms with E-state index in [1.165, 1.54) is 18.2 Å². The van der Waals surface area contributed by atoms with Crippen LogP contribution in [0.1, 0.15) is 18.4 Å². The van der Waals surface area contributed by atoms with Crippen molar-refractivity contribution >= 4 is 17.4 Å². The van der Waals surface area contributed by atoms with Gasteiger partial charge in [0, 0.05) is 6.42 Å². The van der Waals surface area contributed by atoms with E-state index in [1.807, 2.05) is 0 Å². The molecular weight excluding hydrogens is 231 g/mol. The molecule has 0 aliphatic heterocycles. The van der Waals surface area contributed by atoms with Crippen molar-refractivity contribution in [2.24, 2.45) is 5.92 Å². The summed E-state index contributed by atoms with van der Waals surface area (Å²) in [5.74, 6) is -0.589. The molecule has 1 N–H and O–H groups in total. The molecule has 4 heteroatoms. The summed E-state index contributed by atoms with van der Waals surface area (Å²) in [6, 6.07) is 4.17. The van der Waals surface area contributed by atoms with Crippen molar-refractivity contribution in [3.05, 3.63) is 34.6 Å². The average Bonchev–Trinajstić information content (AvgIpc) is 3.06. The molecule has 0 radical (unpaired) electrons. The molecule has 1 unspecified atom stereocenters. The van der Waals surface area contributed by atoms with Crippen molar-refractivity contribution in [2.45, 2.75) is 25.4 Å². The first-order valence-corrected chi connectivity index (χ1v) is 5.60. The highest BCUT2D eigenvalue weighted by Gasteiger charge is 2.34. The normalized spacial score (nSPS) is 17.2. The van der Waals surface area contributed by atoms with Crippen molar-refractivity contribution in [1.82, 2.24) is 0 Å². The second kappa shape index (κ2) is 4.52. The topological polar surface area (TPSA) is 37.3 Å². The Bertz CT molecular complexity index is 415. The zero-order valence-electron chi connectivity index (χ0n) is 8.62. The van der Waals surface area contributed by atoms with Crippen LogP contribution in [0, 0.1) is 11.7 Å². The van der Waals surface area contributed by atoms with Crippen LogP contribution in [0.15, 0.2) is 18.2 Å². The summed E-state index contributed by atoms with van der Waals surface area (Å²) < 4.78 is 12.9. The van der Waals surface area contributed by atoms with Gasteiger partial charge in [0.2, 0.25) is 0 Å². The smallest absolute Gasteiger partial charge is 0.165 e. The SMILES string of the molecule is O=C(Cc1ccc(F)c(Cl)c1)C(O)C1CC1. The molecule has 2 rings (SSSR count). The van der Waals surface area contributed by atoms with Gasteiger partial charge in [-0.1, -0.05) is 17.7 Å². The number of rotatable bonds is 4. The monoisotopic (exact) mass is 242 g/mol. The number of ketones is 1. The lowest BCUT2D eigenvalue weighted by Crippen LogP contribution is -2.24. The minimum Gasteiger partial charge on any atom is -0.385 e. The van der Waals surface area contributed by atoms with Crippen LogP contribution in [0.5, 0.6) is 0 Å². The van der Waals surface area contributed by atoms with Crippen molar-refractivity contribution in [3.8, 4) is 0 Å². The predicted octanol–water partition coefficient (Wildman–Crippen LogP) is 2.36. The third-order valence-electron chi connectivity index (χ3n) is 2.76. The average molecular weight is 243 g/mol. The molecule has 1 fully saturated rings. The number of carbonyl (C=O) groups excluding carboxylic acids is 1. The number of carbonyl (C=O) groups is 1. The Kier molecular flexibility index (Phi) is 3.26. The first kappa shape index (κ1) is 11.6. The molecule has 0 aromatic heterocycles. The maximum absolute atomic E-state index is 12.9. The van der Waals surface area contributed by atoms with Gasteiger partial charge in [-0.25, -0.2) is 4.39 Å². The molecule has 1 aromatic rings. The molecule has 0 amide bonds. The van der Waals surface area contributed by atoms with Crippen molar-refractivity contribution in [2.75, 3.05) is 0 Å². The van der Waals surface area contributed by atoms with Gasteiger partial charge in [-0.3, -0.25) is 4.79 Å². The number of halogens is 2. The van der Waals surface area contributed by atoms with Crippen LogP contribution >= 0.6 is 11.6 Å². The fourth-order valence-electron chi connectivity index (χ4n) is 1.63. The molecule has 16 heavy (non-hydrogen) atoms. The second-order valence-corrected chi connectivity index (χ2v) is 4.58. The van der Waals surface area contributed by atoms with Crippen molar-refractivity contribution < 1.29 is 14.3 Å². The molecular formula is C12H12ClFO2. The van der Waals surface area contributed by atoms with Gasteiger partial charge in [0.05, 0.1) is 5.02 Å². The number of aliphatic hydroxyl groups excluding tert-OH is 1. The largest absolute Gasteiger partial charge is 0.385 e. The van der Waals surface area contributed by atoms with Gasteiger partial charge in [0.15, 0.2) is 5.78 Å². The summed E-state index contributed by atoms with van der Waals surface area (Å²) in [4.78, 5) is 11.6. The Morgan fingerprint density at radius 1 is 1.56 bits per heavy atom. The van der Waals surface area contributed by atoms with Gasteiger partial charge in [0.25, 0.3) is 0 Å². The highest BCUT2D eigenvalue weighted by Crippen LogP contribution is 2.33. The molecule has 2 nitrogen and oxygen atoms in total. The van der Waals surface area contributed by atoms with Gasteiger partial charge in [0.1, 0.15) is 11.9 Å². The summed E-state index contributed by atoms with van der Waals surface area (Å²) in [7, 11) is 0. The van der Waals surface area contributed by atoms with E-state index in [4.69, 9.17) is 11.6 Å². The first-order valence-electron chi connectivity index (χ1n) is 5.22. The first-order chi connectivity index (χ1) is 7.58. The molecule has 0 heterocycles. The van der Waals surface area contributed by atoms with Crippen LogP contribution in [0.4, 0.5) is 4.39 Å². The maximum atomic E-state index is 12.9. The predicted molar refractivity (Wildman–Crippen MR) is 58.9 cm³/mol. The molecule has 1 atom stereocenters. The fraction of sp³-hybridized carbons (Fsp3) is 0.417. The number of aliphatic hydroxyl groups is 1. The van der Waals surface area contributed by atoms with Crippen LogP contribution < -0.4 is 0 Å². The van der Waals surface area contributed by atoms with Crippen LogP contribution in [-0.2, 0) is 11.2 Å². The van der Waals surface area contributed by atoms with E-state index in [2.05, 4.69) is 0 Å². The Labute approximate surface area is 98.0 Å². The maximum Gasteiger partial charge on any atom is 0.165 e. The zero-order valence-corrected chi connectivity index (χ0v) is 9.38. The Morgan fingerprint density at radius 3 is 2.81 bits per heavy atom. The highest BCUT2D eigenvalue weighted by atomic mass is 35.5. The minimum absolute atomic E-state index is 0.00575. The minimum atomic E-state index is -0.871. The standard InChI is InChI=1S/C12H12ClFO2/c13-9-5-7(1-4-10(9)14)6-11(15)12(16)8-2-3-8/h1,4-5,8,12,16H,2-3,6H2. The molecule has 0 spiro atoms. The lowest BCUT2D eigenvalue weighted by molar-refractivity contribution is -0.127. The van der Waals surface area contributed by atoms with E-state index in [1.54, 1.807) is 0 Å².